The van der Waals surface area contributed by atoms with Crippen molar-refractivity contribution in [3.05, 3.63) is 52.7 Å². The van der Waals surface area contributed by atoms with Crippen LogP contribution in [0.1, 0.15) is 61.3 Å². The summed E-state index contributed by atoms with van der Waals surface area (Å²) < 4.78 is 35.5. The summed E-state index contributed by atoms with van der Waals surface area (Å²) in [5.74, 6) is 0. The molecule has 1 aliphatic rings. The largest absolute Gasteiger partial charge is 0.212 e. The number of hydrogen-bond acceptors (Lipinski definition) is 0. The van der Waals surface area contributed by atoms with Gasteiger partial charge in [0, 0.05) is 22.7 Å². The van der Waals surface area contributed by atoms with Crippen molar-refractivity contribution in [2.24, 2.45) is 12.5 Å². The molecule has 0 spiro atoms. The number of aromatic nitrogens is 1. The molecule has 0 aliphatic heterocycles. The highest BCUT2D eigenvalue weighted by molar-refractivity contribution is 5.63. The third-order valence-electron chi connectivity index (χ3n) is 4.33. The third-order valence-corrected chi connectivity index (χ3v) is 4.33. The molecule has 1 heteroatoms. The standard InChI is InChI=1S/C22H30N/c1-16-12-18-8-6-7-9-19(18)13-20(16)21-11-10-17(15-23(21)5)14-22(2,3)4/h10-13,15H,6-9,14H2,1-5H3/q+1/i8D2,9D2. The molecule has 1 aromatic carbocycles. The van der Waals surface area contributed by atoms with Crippen molar-refractivity contribution < 1.29 is 10.1 Å². The minimum Gasteiger partial charge on any atom is -0.201 e. The molecular formula is C22H30N+. The normalized spacial score (nSPS) is 21.6. The Labute approximate surface area is 147 Å². The molecule has 0 bridgehead atoms. The van der Waals surface area contributed by atoms with Crippen LogP contribution in [0, 0.1) is 12.3 Å². The van der Waals surface area contributed by atoms with Crippen LogP contribution in [0.3, 0.4) is 0 Å². The monoisotopic (exact) mass is 312 g/mol. The van der Waals surface area contributed by atoms with E-state index in [1.807, 2.05) is 26.1 Å². The molecule has 1 aromatic heterocycles. The van der Waals surface area contributed by atoms with E-state index in [0.717, 1.165) is 23.2 Å². The maximum Gasteiger partial charge on any atom is 0.212 e. The average Bonchev–Trinajstić information content (AvgIpc) is 2.51. The van der Waals surface area contributed by atoms with E-state index in [2.05, 4.69) is 43.7 Å². The van der Waals surface area contributed by atoms with E-state index in [-0.39, 0.29) is 18.3 Å². The summed E-state index contributed by atoms with van der Waals surface area (Å²) in [6.07, 6.45) is 0.616. The lowest BCUT2D eigenvalue weighted by atomic mass is 9.87. The summed E-state index contributed by atoms with van der Waals surface area (Å²) >= 11 is 0. The minimum atomic E-state index is -1.49. The van der Waals surface area contributed by atoms with Gasteiger partial charge in [-0.05, 0) is 73.2 Å². The first-order valence-corrected chi connectivity index (χ1v) is 8.45. The second-order valence-electron chi connectivity index (χ2n) is 7.84. The Kier molecular flexibility index (Phi) is 3.14. The maximum absolute atomic E-state index is 8.39. The van der Waals surface area contributed by atoms with E-state index in [1.165, 1.54) is 5.56 Å². The van der Waals surface area contributed by atoms with E-state index in [0.29, 0.717) is 11.1 Å². The molecule has 0 unspecified atom stereocenters. The maximum atomic E-state index is 8.39. The second kappa shape index (κ2) is 6.11. The zero-order chi connectivity index (χ0) is 20.2. The third kappa shape index (κ3) is 3.65. The molecular weight excluding hydrogens is 278 g/mol. The van der Waals surface area contributed by atoms with Gasteiger partial charge in [-0.3, -0.25) is 0 Å². The van der Waals surface area contributed by atoms with Crippen molar-refractivity contribution >= 4 is 0 Å². The molecule has 1 nitrogen and oxygen atoms in total. The van der Waals surface area contributed by atoms with Crippen molar-refractivity contribution in [1.29, 1.82) is 0 Å². The van der Waals surface area contributed by atoms with Gasteiger partial charge in [0.05, 0.1) is 0 Å². The molecule has 0 atom stereocenters. The van der Waals surface area contributed by atoms with Crippen LogP contribution in [-0.4, -0.2) is 0 Å². The van der Waals surface area contributed by atoms with Gasteiger partial charge in [-0.15, -0.1) is 0 Å². The Morgan fingerprint density at radius 3 is 2.35 bits per heavy atom. The number of hydrogen-bond donors (Lipinski definition) is 0. The number of aryl methyl sites for hydroxylation is 4. The fraction of sp³-hybridized carbons (Fsp3) is 0.500. The van der Waals surface area contributed by atoms with E-state index >= 15 is 0 Å². The topological polar surface area (TPSA) is 3.88 Å². The van der Waals surface area contributed by atoms with Crippen molar-refractivity contribution in [1.82, 2.24) is 0 Å². The first-order valence-electron chi connectivity index (χ1n) is 10.4. The number of fused-ring (bicyclic) bond motifs is 1. The summed E-state index contributed by atoms with van der Waals surface area (Å²) in [6.45, 7) is 8.67. The highest BCUT2D eigenvalue weighted by atomic mass is 14.9. The first kappa shape index (κ1) is 11.8. The van der Waals surface area contributed by atoms with Crippen molar-refractivity contribution in [2.75, 3.05) is 0 Å². The number of nitrogens with zero attached hydrogens (tertiary/aromatic N) is 1. The Morgan fingerprint density at radius 1 is 1.09 bits per heavy atom. The summed E-state index contributed by atoms with van der Waals surface area (Å²) in [4.78, 5) is 0. The Bertz CT molecular complexity index is 879. The lowest BCUT2D eigenvalue weighted by Crippen LogP contribution is -2.32. The van der Waals surface area contributed by atoms with Gasteiger partial charge >= 0.3 is 0 Å². The molecule has 2 aromatic rings. The molecule has 0 fully saturated rings. The quantitative estimate of drug-likeness (QED) is 0.691. The van der Waals surface area contributed by atoms with E-state index < -0.39 is 12.7 Å². The summed E-state index contributed by atoms with van der Waals surface area (Å²) in [7, 11) is 2.02. The highest BCUT2D eigenvalue weighted by Crippen LogP contribution is 2.29. The smallest absolute Gasteiger partial charge is 0.201 e. The molecule has 0 N–H and O–H groups in total. The van der Waals surface area contributed by atoms with Gasteiger partial charge in [0.25, 0.3) is 0 Å². The molecule has 0 saturated carbocycles. The molecule has 122 valence electrons. The van der Waals surface area contributed by atoms with Crippen LogP contribution in [0.2, 0.25) is 0 Å². The second-order valence-corrected chi connectivity index (χ2v) is 7.84. The fourth-order valence-electron chi connectivity index (χ4n) is 3.33. The van der Waals surface area contributed by atoms with Crippen molar-refractivity contribution in [3.8, 4) is 11.3 Å². The lowest BCUT2D eigenvalue weighted by Gasteiger charge is -2.19. The Morgan fingerprint density at radius 2 is 1.74 bits per heavy atom. The molecule has 0 saturated heterocycles. The predicted molar refractivity (Wildman–Crippen MR) is 97.6 cm³/mol. The first-order chi connectivity index (χ1) is 12.3. The molecule has 0 amide bonds. The molecule has 1 heterocycles. The fourth-order valence-corrected chi connectivity index (χ4v) is 3.33. The molecule has 23 heavy (non-hydrogen) atoms. The van der Waals surface area contributed by atoms with Crippen LogP contribution < -0.4 is 4.57 Å². The van der Waals surface area contributed by atoms with Crippen LogP contribution in [0.15, 0.2) is 30.5 Å². The number of benzene rings is 1. The molecule has 1 aliphatic carbocycles. The van der Waals surface area contributed by atoms with E-state index in [9.17, 15) is 0 Å². The van der Waals surface area contributed by atoms with E-state index in [1.54, 1.807) is 0 Å². The number of pyridine rings is 1. The Balaban J connectivity index is 2.11. The SMILES string of the molecule is [2H]C1([2H])CCC([2H])([2H])c2cc(-c3ccc(CC(C)(C)C)c[n+]3C)c(C)cc21. The van der Waals surface area contributed by atoms with Crippen LogP contribution >= 0.6 is 0 Å². The lowest BCUT2D eigenvalue weighted by molar-refractivity contribution is -0.660. The van der Waals surface area contributed by atoms with Gasteiger partial charge in [0.1, 0.15) is 7.05 Å². The highest BCUT2D eigenvalue weighted by Gasteiger charge is 2.19. The van der Waals surface area contributed by atoms with Gasteiger partial charge in [-0.2, -0.15) is 0 Å². The predicted octanol–water partition coefficient (Wildman–Crippen LogP) is 4.95. The average molecular weight is 313 g/mol. The summed E-state index contributed by atoms with van der Waals surface area (Å²) in [6, 6.07) is 7.97. The summed E-state index contributed by atoms with van der Waals surface area (Å²) in [5.41, 5.74) is 5.48. The van der Waals surface area contributed by atoms with Gasteiger partial charge in [0.2, 0.25) is 5.69 Å². The zero-order valence-corrected chi connectivity index (χ0v) is 15.0. The van der Waals surface area contributed by atoms with Gasteiger partial charge in [-0.25, -0.2) is 4.57 Å². The summed E-state index contributed by atoms with van der Waals surface area (Å²) in [5, 5.41) is 0. The molecule has 0 radical (unpaired) electrons. The van der Waals surface area contributed by atoms with Crippen LogP contribution in [0.25, 0.3) is 11.3 Å². The number of rotatable bonds is 2. The zero-order valence-electron chi connectivity index (χ0n) is 19.0. The van der Waals surface area contributed by atoms with E-state index in [4.69, 9.17) is 5.48 Å². The minimum absolute atomic E-state index is 0.214. The molecule has 3 rings (SSSR count). The van der Waals surface area contributed by atoms with Crippen molar-refractivity contribution in [2.45, 2.75) is 59.7 Å². The van der Waals surface area contributed by atoms with Crippen LogP contribution in [0.4, 0.5) is 0 Å². The van der Waals surface area contributed by atoms with Gasteiger partial charge < -0.3 is 0 Å². The van der Waals surface area contributed by atoms with Gasteiger partial charge in [0.15, 0.2) is 6.20 Å². The van der Waals surface area contributed by atoms with Crippen molar-refractivity contribution in [3.63, 3.8) is 0 Å². The Hall–Kier alpha value is -1.63. The van der Waals surface area contributed by atoms with Crippen LogP contribution in [-0.2, 0) is 26.2 Å². The van der Waals surface area contributed by atoms with Gasteiger partial charge in [-0.1, -0.05) is 26.8 Å². The van der Waals surface area contributed by atoms with Crippen LogP contribution in [0.5, 0.6) is 0 Å².